The summed E-state index contributed by atoms with van der Waals surface area (Å²) >= 11 is 0. The Morgan fingerprint density at radius 1 is 0.283 bits per heavy atom. The van der Waals surface area contributed by atoms with Crippen LogP contribution in [0.5, 0.6) is 0 Å². The van der Waals surface area contributed by atoms with Crippen LogP contribution in [0.4, 0.5) is 0 Å². The molecule has 0 radical (unpaired) electrons. The Morgan fingerprint density at radius 2 is 0.650 bits per heavy atom. The lowest BCUT2D eigenvalue weighted by molar-refractivity contribution is 0.669. The fraction of sp³-hybridized carbons (Fsp3) is 0. The van der Waals surface area contributed by atoms with E-state index in [0.717, 1.165) is 49.8 Å². The molecule has 0 aliphatic heterocycles. The lowest BCUT2D eigenvalue weighted by Crippen LogP contribution is -2.55. The van der Waals surface area contributed by atoms with Gasteiger partial charge in [-0.3, -0.25) is 0 Å². The first-order chi connectivity index (χ1) is 29.3. The van der Waals surface area contributed by atoms with Crippen molar-refractivity contribution in [2.75, 3.05) is 0 Å². The largest absolute Gasteiger partial charge is 0.456 e. The fourth-order valence-electron chi connectivity index (χ4n) is 9.25. The number of nitrogens with zero attached hydrogens (tertiary/aromatic N) is 3. The van der Waals surface area contributed by atoms with Gasteiger partial charge in [-0.2, -0.15) is 0 Å². The van der Waals surface area contributed by atoms with Gasteiger partial charge in [-0.25, -0.2) is 15.0 Å². The molecule has 0 N–H and O–H groups in total. The van der Waals surface area contributed by atoms with E-state index < -0.39 is 0 Å². The Labute approximate surface area is 352 Å². The molecule has 11 aromatic rings. The van der Waals surface area contributed by atoms with Crippen LogP contribution in [0.15, 0.2) is 162 Å². The second kappa shape index (κ2) is 14.0. The number of furan rings is 1. The Bertz CT molecular complexity index is 3490. The van der Waals surface area contributed by atoms with Gasteiger partial charge in [-0.05, 0) is 84.9 Å². The molecule has 0 amide bonds. The molecular weight excluding hydrogens is 725 g/mol. The van der Waals surface area contributed by atoms with Gasteiger partial charge in [0.1, 0.15) is 50.4 Å². The molecule has 0 spiro atoms. The van der Waals surface area contributed by atoms with Gasteiger partial charge < -0.3 is 4.42 Å². The zero-order valence-electron chi connectivity index (χ0n) is 34.3. The number of hydrogen-bond donors (Lipinski definition) is 0. The molecule has 11 rings (SSSR count). The summed E-state index contributed by atoms with van der Waals surface area (Å²) in [5.41, 5.74) is 15.8. The van der Waals surface area contributed by atoms with Gasteiger partial charge in [0.05, 0.1) is 0 Å². The summed E-state index contributed by atoms with van der Waals surface area (Å²) in [7, 11) is 11.1. The number of fused-ring (bicyclic) bond motifs is 9. The SMILES string of the molecule is Bc1c(B)c(B)c(-c2ccc(-c3nc(-c4ccccc4)nc(-c4ccc5c(c4)oc4cc(-c6ccc7c8ccccc8c8ccccc8c7c6)ccc45)n3)cc2)c(B)c1B. The van der Waals surface area contributed by atoms with Crippen molar-refractivity contribution < 1.29 is 4.42 Å². The van der Waals surface area contributed by atoms with Crippen LogP contribution in [0.3, 0.4) is 0 Å². The van der Waals surface area contributed by atoms with E-state index in [9.17, 15) is 0 Å². The molecule has 4 nitrogen and oxygen atoms in total. The van der Waals surface area contributed by atoms with Gasteiger partial charge in [0.25, 0.3) is 0 Å². The molecule has 60 heavy (non-hydrogen) atoms. The van der Waals surface area contributed by atoms with E-state index in [4.69, 9.17) is 19.4 Å². The third kappa shape index (κ3) is 5.79. The van der Waals surface area contributed by atoms with E-state index in [1.165, 1.54) is 70.8 Å². The Balaban J connectivity index is 0.990. The lowest BCUT2D eigenvalue weighted by atomic mass is 9.59. The van der Waals surface area contributed by atoms with E-state index in [1.807, 2.05) is 30.3 Å². The molecule has 9 aromatic carbocycles. The average Bonchev–Trinajstić information content (AvgIpc) is 3.68. The van der Waals surface area contributed by atoms with Gasteiger partial charge in [-0.1, -0.05) is 138 Å². The molecule has 2 aromatic heterocycles. The fourth-order valence-corrected chi connectivity index (χ4v) is 9.25. The molecule has 0 unspecified atom stereocenters. The van der Waals surface area contributed by atoms with Crippen molar-refractivity contribution >= 4 is 121 Å². The van der Waals surface area contributed by atoms with E-state index in [-0.39, 0.29) is 0 Å². The molecule has 0 atom stereocenters. The van der Waals surface area contributed by atoms with E-state index in [2.05, 4.69) is 167 Å². The van der Waals surface area contributed by atoms with Crippen LogP contribution < -0.4 is 27.3 Å². The first-order valence-corrected chi connectivity index (χ1v) is 20.6. The predicted octanol–water partition coefficient (Wildman–Crippen LogP) is 4.86. The van der Waals surface area contributed by atoms with Gasteiger partial charge in [-0.15, -0.1) is 16.4 Å². The maximum Gasteiger partial charge on any atom is 0.164 e. The van der Waals surface area contributed by atoms with Crippen molar-refractivity contribution in [3.63, 3.8) is 0 Å². The number of rotatable bonds is 5. The third-order valence-corrected chi connectivity index (χ3v) is 12.9. The first-order valence-electron chi connectivity index (χ1n) is 20.6. The highest BCUT2D eigenvalue weighted by molar-refractivity contribution is 6.68. The molecule has 0 fully saturated rings. The lowest BCUT2D eigenvalue weighted by Gasteiger charge is -2.20. The summed E-state index contributed by atoms with van der Waals surface area (Å²) in [5.74, 6) is 1.85. The standard InChI is InChI=1S/C51H36B5N3O/c52-44-43(45(53)47(55)48(56)46(44)54)27-14-16-29(17-15-27)50-57-49(28-8-2-1-3-9-28)58-51(59-50)32-20-23-39-38-22-19-31(25-41(38)60-42(39)26-32)30-18-21-37-35-12-5-4-10-33(35)34-11-6-7-13-36(34)40(37)24-30/h1-26H,52-56H2. The summed E-state index contributed by atoms with van der Waals surface area (Å²) in [5, 5.41) is 9.72. The van der Waals surface area contributed by atoms with Crippen LogP contribution in [0.2, 0.25) is 0 Å². The highest BCUT2D eigenvalue weighted by Gasteiger charge is 2.18. The van der Waals surface area contributed by atoms with Crippen LogP contribution in [0, 0.1) is 0 Å². The molecule has 0 bridgehead atoms. The van der Waals surface area contributed by atoms with E-state index in [0.29, 0.717) is 17.5 Å². The Kier molecular flexibility index (Phi) is 8.42. The van der Waals surface area contributed by atoms with Crippen molar-refractivity contribution in [2.45, 2.75) is 0 Å². The predicted molar refractivity (Wildman–Crippen MR) is 268 cm³/mol. The Hall–Kier alpha value is -7.11. The molecular formula is C51H36B5N3O. The van der Waals surface area contributed by atoms with Crippen LogP contribution in [0.25, 0.3) is 111 Å². The minimum atomic E-state index is 0.596. The monoisotopic (exact) mass is 761 g/mol. The number of aromatic nitrogens is 3. The van der Waals surface area contributed by atoms with Gasteiger partial charge in [0.2, 0.25) is 0 Å². The highest BCUT2D eigenvalue weighted by Crippen LogP contribution is 2.39. The molecule has 2 heterocycles. The van der Waals surface area contributed by atoms with Crippen LogP contribution in [-0.2, 0) is 0 Å². The number of benzene rings is 9. The summed E-state index contributed by atoms with van der Waals surface area (Å²) in [6.45, 7) is 0. The first kappa shape index (κ1) is 36.0. The van der Waals surface area contributed by atoms with E-state index in [1.54, 1.807) is 0 Å². The summed E-state index contributed by atoms with van der Waals surface area (Å²) in [6, 6.07) is 55.8. The molecule has 276 valence electrons. The van der Waals surface area contributed by atoms with Crippen molar-refractivity contribution in [3.8, 4) is 56.4 Å². The minimum absolute atomic E-state index is 0.596. The molecule has 0 aliphatic rings. The van der Waals surface area contributed by atoms with Crippen LogP contribution >= 0.6 is 0 Å². The molecule has 9 heteroatoms. The van der Waals surface area contributed by atoms with Crippen molar-refractivity contribution in [3.05, 3.63) is 158 Å². The zero-order valence-corrected chi connectivity index (χ0v) is 34.3. The second-order valence-electron chi connectivity index (χ2n) is 16.1. The van der Waals surface area contributed by atoms with Crippen LogP contribution in [-0.4, -0.2) is 54.2 Å². The zero-order chi connectivity index (χ0) is 40.6. The van der Waals surface area contributed by atoms with E-state index >= 15 is 0 Å². The third-order valence-electron chi connectivity index (χ3n) is 12.9. The molecule has 0 saturated carbocycles. The average molecular weight is 761 g/mol. The number of hydrogen-bond acceptors (Lipinski definition) is 4. The quantitative estimate of drug-likeness (QED) is 0.186. The maximum atomic E-state index is 6.65. The topological polar surface area (TPSA) is 51.8 Å². The molecule has 0 saturated heterocycles. The van der Waals surface area contributed by atoms with Crippen LogP contribution in [0.1, 0.15) is 0 Å². The van der Waals surface area contributed by atoms with Crippen molar-refractivity contribution in [1.29, 1.82) is 0 Å². The van der Waals surface area contributed by atoms with Gasteiger partial charge in [0.15, 0.2) is 17.5 Å². The second-order valence-corrected chi connectivity index (χ2v) is 16.1. The minimum Gasteiger partial charge on any atom is -0.456 e. The Morgan fingerprint density at radius 3 is 1.22 bits per heavy atom. The summed E-state index contributed by atoms with van der Waals surface area (Å²) < 4.78 is 6.65. The summed E-state index contributed by atoms with van der Waals surface area (Å²) in [6.07, 6.45) is 0. The highest BCUT2D eigenvalue weighted by atomic mass is 16.3. The normalized spacial score (nSPS) is 11.7. The smallest absolute Gasteiger partial charge is 0.164 e. The van der Waals surface area contributed by atoms with Crippen molar-refractivity contribution in [2.24, 2.45) is 0 Å². The van der Waals surface area contributed by atoms with Crippen molar-refractivity contribution in [1.82, 2.24) is 15.0 Å². The van der Waals surface area contributed by atoms with Gasteiger partial charge >= 0.3 is 0 Å². The molecule has 0 aliphatic carbocycles. The maximum absolute atomic E-state index is 6.65. The van der Waals surface area contributed by atoms with Gasteiger partial charge in [0, 0.05) is 27.5 Å². The summed E-state index contributed by atoms with van der Waals surface area (Å²) in [4.78, 5) is 15.1.